The van der Waals surface area contributed by atoms with Crippen LogP contribution in [0.5, 0.6) is 0 Å². The highest BCUT2D eigenvalue weighted by molar-refractivity contribution is 6.12. The van der Waals surface area contributed by atoms with E-state index in [1.807, 2.05) is 0 Å². The Morgan fingerprint density at radius 2 is 2.00 bits per heavy atom. The first-order valence-corrected chi connectivity index (χ1v) is 1.37. The fourth-order valence-electron chi connectivity index (χ4n) is 0. The van der Waals surface area contributed by atoms with E-state index in [2.05, 4.69) is 16.2 Å². The largest absolute Gasteiger partial charge is 0.348 e. The zero-order chi connectivity index (χ0) is 4.28. The lowest BCUT2D eigenvalue weighted by molar-refractivity contribution is -0.131. The average Bonchev–Trinajstić information content (AvgIpc) is 1.38. The van der Waals surface area contributed by atoms with Crippen LogP contribution in [0.15, 0.2) is 0 Å². The van der Waals surface area contributed by atoms with Crippen molar-refractivity contribution in [2.45, 2.75) is 6.92 Å². The Labute approximate surface area is 57.1 Å². The Morgan fingerprint density at radius 1 is 1.83 bits per heavy atom. The van der Waals surface area contributed by atoms with Crippen LogP contribution in [-0.4, -0.2) is 29.0 Å². The molecule has 0 aliphatic carbocycles. The number of carbonyl (C=O) groups is 1. The topological polar surface area (TPSA) is 26.3 Å². The van der Waals surface area contributed by atoms with E-state index in [9.17, 15) is 4.79 Å². The second-order valence-electron chi connectivity index (χ2n) is 0.569. The van der Waals surface area contributed by atoms with E-state index in [0.29, 0.717) is 0 Å². The molecule has 0 fully saturated rings. The van der Waals surface area contributed by atoms with E-state index in [1.54, 1.807) is 0 Å². The predicted molar refractivity (Wildman–Crippen MR) is 23.4 cm³/mol. The molecular formula is C2H3ClMgO2. The van der Waals surface area contributed by atoms with Crippen molar-refractivity contribution >= 4 is 40.9 Å². The molecule has 32 valence electrons. The Kier molecular flexibility index (Phi) is 8.96. The summed E-state index contributed by atoms with van der Waals surface area (Å²) in [5.74, 6) is -0.480. The van der Waals surface area contributed by atoms with Crippen LogP contribution < -0.4 is 0 Å². The van der Waals surface area contributed by atoms with Gasteiger partial charge >= 0.3 is 5.97 Å². The summed E-state index contributed by atoms with van der Waals surface area (Å²) in [5.41, 5.74) is 0. The summed E-state index contributed by atoms with van der Waals surface area (Å²) in [7, 11) is 0. The van der Waals surface area contributed by atoms with E-state index in [4.69, 9.17) is 0 Å². The summed E-state index contributed by atoms with van der Waals surface area (Å²) < 4.78 is 3.58. The number of rotatable bonds is 0. The van der Waals surface area contributed by atoms with Crippen LogP contribution in [0.1, 0.15) is 6.92 Å². The van der Waals surface area contributed by atoms with E-state index in [0.717, 1.165) is 0 Å². The van der Waals surface area contributed by atoms with E-state index >= 15 is 0 Å². The van der Waals surface area contributed by atoms with Crippen LogP contribution in [0.3, 0.4) is 0 Å². The molecule has 0 aromatic rings. The molecule has 0 bridgehead atoms. The Hall–Kier alpha value is 0.526. The van der Waals surface area contributed by atoms with Gasteiger partial charge in [-0.05, 0) is 0 Å². The van der Waals surface area contributed by atoms with Crippen molar-refractivity contribution in [1.29, 1.82) is 0 Å². The maximum atomic E-state index is 9.46. The van der Waals surface area contributed by atoms with Gasteiger partial charge in [-0.25, -0.2) is 0 Å². The van der Waals surface area contributed by atoms with Crippen molar-refractivity contribution in [2.75, 3.05) is 0 Å². The molecule has 4 heteroatoms. The summed E-state index contributed by atoms with van der Waals surface area (Å²) in [6, 6.07) is 0. The minimum Gasteiger partial charge on any atom is -0.348 e. The van der Waals surface area contributed by atoms with Crippen LogP contribution in [0.2, 0.25) is 0 Å². The van der Waals surface area contributed by atoms with Gasteiger partial charge in [0.15, 0.2) is 0 Å². The van der Waals surface area contributed by atoms with Gasteiger partial charge in [-0.2, -0.15) is 0 Å². The van der Waals surface area contributed by atoms with Crippen molar-refractivity contribution in [3.8, 4) is 0 Å². The number of hydrogen-bond acceptors (Lipinski definition) is 2. The molecule has 0 aromatic carbocycles. The van der Waals surface area contributed by atoms with Crippen molar-refractivity contribution in [3.63, 3.8) is 0 Å². The highest BCUT2D eigenvalue weighted by Gasteiger charge is 1.79. The van der Waals surface area contributed by atoms with Gasteiger partial charge in [0.1, 0.15) is 11.9 Å². The first-order chi connectivity index (χ1) is 2.27. The van der Waals surface area contributed by atoms with Crippen LogP contribution in [0.25, 0.3) is 0 Å². The molecule has 0 aliphatic rings. The molecule has 0 N–H and O–H groups in total. The Morgan fingerprint density at radius 3 is 2.00 bits per heavy atom. The Bertz CT molecular complexity index is 46.8. The Balaban J connectivity index is 0. The van der Waals surface area contributed by atoms with Crippen LogP contribution in [0, 0.1) is 0 Å². The van der Waals surface area contributed by atoms with Gasteiger partial charge in [-0.3, -0.25) is 4.79 Å². The van der Waals surface area contributed by atoms with Crippen molar-refractivity contribution in [1.82, 2.24) is 0 Å². The third-order valence-electron chi connectivity index (χ3n) is 0.109. The second kappa shape index (κ2) is 5.53. The van der Waals surface area contributed by atoms with E-state index < -0.39 is 5.97 Å². The average molecular weight is 119 g/mol. The van der Waals surface area contributed by atoms with Crippen molar-refractivity contribution < 1.29 is 9.08 Å². The molecule has 0 amide bonds. The third-order valence-corrected chi connectivity index (χ3v) is 0.326. The molecule has 0 rings (SSSR count). The van der Waals surface area contributed by atoms with Crippen LogP contribution >= 0.6 is 11.9 Å². The SMILES string of the molecule is CC(=O)OCl.[Mg]. The molecule has 2 radical (unpaired) electrons. The van der Waals surface area contributed by atoms with Crippen molar-refractivity contribution in [2.24, 2.45) is 0 Å². The second-order valence-corrected chi connectivity index (χ2v) is 0.723. The molecule has 0 spiro atoms. The quantitative estimate of drug-likeness (QED) is 0.429. The molecule has 0 saturated heterocycles. The lowest BCUT2D eigenvalue weighted by Gasteiger charge is -1.74. The highest BCUT2D eigenvalue weighted by atomic mass is 35.5. The summed E-state index contributed by atoms with van der Waals surface area (Å²) >= 11 is 4.49. The van der Waals surface area contributed by atoms with Gasteiger partial charge in [-0.1, -0.05) is 0 Å². The molecule has 0 aliphatic heterocycles. The van der Waals surface area contributed by atoms with Crippen LogP contribution in [0.4, 0.5) is 0 Å². The smallest absolute Gasteiger partial charge is 0.321 e. The van der Waals surface area contributed by atoms with Gasteiger partial charge in [0.25, 0.3) is 0 Å². The molecule has 6 heavy (non-hydrogen) atoms. The van der Waals surface area contributed by atoms with Crippen molar-refractivity contribution in [3.05, 3.63) is 0 Å². The summed E-state index contributed by atoms with van der Waals surface area (Å²) in [5, 5.41) is 0. The van der Waals surface area contributed by atoms with E-state index in [1.165, 1.54) is 6.92 Å². The van der Waals surface area contributed by atoms with Gasteiger partial charge < -0.3 is 4.29 Å². The standard InChI is InChI=1S/C2H3ClO2.Mg/c1-2(4)5-3;/h1H3;. The number of halogens is 1. The van der Waals surface area contributed by atoms with Gasteiger partial charge in [0.05, 0.1) is 0 Å². The maximum Gasteiger partial charge on any atom is 0.321 e. The minimum atomic E-state index is -0.480. The normalized spacial score (nSPS) is 5.67. The summed E-state index contributed by atoms with van der Waals surface area (Å²) in [4.78, 5) is 9.46. The maximum absolute atomic E-state index is 9.46. The van der Waals surface area contributed by atoms with E-state index in [-0.39, 0.29) is 23.1 Å². The predicted octanol–water partition coefficient (Wildman–Crippen LogP) is 0.322. The molecule has 0 aromatic heterocycles. The zero-order valence-electron chi connectivity index (χ0n) is 3.40. The summed E-state index contributed by atoms with van der Waals surface area (Å²) in [6.45, 7) is 1.23. The number of hydrogen-bond donors (Lipinski definition) is 0. The van der Waals surface area contributed by atoms with Gasteiger partial charge in [-0.15, -0.1) is 0 Å². The zero-order valence-corrected chi connectivity index (χ0v) is 5.57. The summed E-state index contributed by atoms with van der Waals surface area (Å²) in [6.07, 6.45) is 0. The number of carbonyl (C=O) groups excluding carboxylic acids is 1. The van der Waals surface area contributed by atoms with Crippen LogP contribution in [-0.2, 0) is 9.08 Å². The lowest BCUT2D eigenvalue weighted by atomic mass is 10.9. The highest BCUT2D eigenvalue weighted by Crippen LogP contribution is 1.75. The third kappa shape index (κ3) is 8.82. The molecule has 0 unspecified atom stereocenters. The molecule has 0 atom stereocenters. The first kappa shape index (κ1) is 9.73. The molecule has 0 saturated carbocycles. The molecular weight excluding hydrogens is 116 g/mol. The minimum absolute atomic E-state index is 0. The fraction of sp³-hybridized carbons (Fsp3) is 0.500. The van der Waals surface area contributed by atoms with Gasteiger partial charge in [0.2, 0.25) is 0 Å². The molecule has 2 nitrogen and oxygen atoms in total. The lowest BCUT2D eigenvalue weighted by Crippen LogP contribution is -1.82. The molecule has 0 heterocycles. The van der Waals surface area contributed by atoms with Gasteiger partial charge in [0, 0.05) is 30.0 Å². The fourth-order valence-corrected chi connectivity index (χ4v) is 0. The first-order valence-electron chi connectivity index (χ1n) is 1.06. The monoisotopic (exact) mass is 118 g/mol.